The number of likely N-dealkylation sites (N-methyl/N-ethyl adjacent to an activating group) is 1. The highest BCUT2D eigenvalue weighted by Gasteiger charge is 2.18. The number of nitrogens with zero attached hydrogens (tertiary/aromatic N) is 6. The third-order valence-corrected chi connectivity index (χ3v) is 6.57. The van der Waals surface area contributed by atoms with Crippen molar-refractivity contribution in [3.8, 4) is 5.88 Å². The number of ether oxygens (including phenoxy) is 1. The molecule has 33 heavy (non-hydrogen) atoms. The smallest absolute Gasteiger partial charge is 0.277 e. The second kappa shape index (κ2) is 11.2. The minimum absolute atomic E-state index is 0.283. The molecule has 4 rings (SSSR count). The lowest BCUT2D eigenvalue weighted by Crippen LogP contribution is -2.19. The SMILES string of the molecule is CN(C)CCOc1ccc(Sc2ccc(Sc3nnc[nH]3)nc2C(=O)Nc2nccs2)cn1. The summed E-state index contributed by atoms with van der Waals surface area (Å²) in [5.74, 6) is 0.212. The maximum atomic E-state index is 13.0. The molecule has 0 aromatic carbocycles. The number of pyridine rings is 2. The van der Waals surface area contributed by atoms with Gasteiger partial charge in [0.25, 0.3) is 5.91 Å². The largest absolute Gasteiger partial charge is 0.476 e. The molecule has 4 heterocycles. The van der Waals surface area contributed by atoms with E-state index in [1.54, 1.807) is 17.8 Å². The Morgan fingerprint density at radius 3 is 2.82 bits per heavy atom. The summed E-state index contributed by atoms with van der Waals surface area (Å²) < 4.78 is 5.65. The minimum atomic E-state index is -0.343. The maximum Gasteiger partial charge on any atom is 0.277 e. The predicted molar refractivity (Wildman–Crippen MR) is 127 cm³/mol. The molecule has 10 nitrogen and oxygen atoms in total. The van der Waals surface area contributed by atoms with Gasteiger partial charge in [0.15, 0.2) is 10.3 Å². The van der Waals surface area contributed by atoms with Crippen LogP contribution >= 0.6 is 34.9 Å². The standard InChI is InChI=1S/C20H20N8O2S3/c1-28(2)8-9-30-15-5-3-13(11-22-15)32-14-4-6-16(33-20-23-12-24-27-20)25-17(14)18(29)26-19-21-7-10-31-19/h3-7,10-12H,8-9H2,1-2H3,(H,21,26,29)(H,23,24,27). The van der Waals surface area contributed by atoms with Crippen molar-refractivity contribution in [2.45, 2.75) is 20.0 Å². The summed E-state index contributed by atoms with van der Waals surface area (Å²) in [7, 11) is 3.98. The molecule has 4 aromatic heterocycles. The summed E-state index contributed by atoms with van der Waals surface area (Å²) in [6.45, 7) is 1.36. The Balaban J connectivity index is 1.52. The van der Waals surface area contributed by atoms with Gasteiger partial charge in [-0.25, -0.2) is 15.0 Å². The van der Waals surface area contributed by atoms with Crippen LogP contribution in [0.3, 0.4) is 0 Å². The van der Waals surface area contributed by atoms with Crippen LogP contribution in [0.5, 0.6) is 5.88 Å². The Bertz CT molecular complexity index is 1170. The number of aromatic amines is 1. The number of rotatable bonds is 10. The second-order valence-electron chi connectivity index (χ2n) is 6.77. The number of nitrogens with one attached hydrogen (secondary N) is 2. The van der Waals surface area contributed by atoms with Gasteiger partial charge in [-0.15, -0.1) is 21.5 Å². The molecule has 0 saturated carbocycles. The van der Waals surface area contributed by atoms with Crippen LogP contribution in [0.1, 0.15) is 10.5 Å². The van der Waals surface area contributed by atoms with Crippen LogP contribution in [0.4, 0.5) is 5.13 Å². The summed E-state index contributed by atoms with van der Waals surface area (Å²) in [4.78, 5) is 32.6. The van der Waals surface area contributed by atoms with E-state index in [1.807, 2.05) is 43.3 Å². The van der Waals surface area contributed by atoms with Crippen LogP contribution in [-0.4, -0.2) is 68.2 Å². The number of amides is 1. The lowest BCUT2D eigenvalue weighted by Gasteiger charge is -2.11. The monoisotopic (exact) mass is 500 g/mol. The first-order valence-corrected chi connectivity index (χ1v) is 12.3. The molecule has 0 saturated heterocycles. The Labute approximate surface area is 202 Å². The fourth-order valence-corrected chi connectivity index (χ4v) is 4.55. The number of thiazole rings is 1. The van der Waals surface area contributed by atoms with Crippen LogP contribution in [-0.2, 0) is 0 Å². The topological polar surface area (TPSA) is 122 Å². The second-order valence-corrected chi connectivity index (χ2v) is 9.79. The Morgan fingerprint density at radius 1 is 1.21 bits per heavy atom. The zero-order chi connectivity index (χ0) is 23.0. The first-order valence-electron chi connectivity index (χ1n) is 9.74. The molecule has 13 heteroatoms. The molecule has 170 valence electrons. The van der Waals surface area contributed by atoms with E-state index in [0.717, 1.165) is 11.4 Å². The number of hydrogen-bond acceptors (Lipinski definition) is 11. The van der Waals surface area contributed by atoms with Crippen molar-refractivity contribution in [1.82, 2.24) is 35.0 Å². The van der Waals surface area contributed by atoms with E-state index in [4.69, 9.17) is 4.74 Å². The Kier molecular flexibility index (Phi) is 7.88. The van der Waals surface area contributed by atoms with Gasteiger partial charge in [0, 0.05) is 40.2 Å². The average molecular weight is 501 g/mol. The van der Waals surface area contributed by atoms with Crippen molar-refractivity contribution in [2.24, 2.45) is 0 Å². The molecular weight excluding hydrogens is 480 g/mol. The summed E-state index contributed by atoms with van der Waals surface area (Å²) in [6.07, 6.45) is 4.84. The highest BCUT2D eigenvalue weighted by Crippen LogP contribution is 2.33. The minimum Gasteiger partial charge on any atom is -0.476 e. The number of carbonyl (C=O) groups is 1. The quantitative estimate of drug-likeness (QED) is 0.334. The molecule has 0 aliphatic rings. The highest BCUT2D eigenvalue weighted by atomic mass is 32.2. The molecule has 0 aliphatic carbocycles. The van der Waals surface area contributed by atoms with Crippen LogP contribution in [0.15, 0.2) is 68.3 Å². The normalized spacial score (nSPS) is 11.0. The molecule has 0 atom stereocenters. The van der Waals surface area contributed by atoms with Crippen LogP contribution in [0.2, 0.25) is 0 Å². The molecule has 1 amide bonds. The van der Waals surface area contributed by atoms with E-state index in [-0.39, 0.29) is 11.6 Å². The molecule has 4 aromatic rings. The number of anilines is 1. The molecule has 0 bridgehead atoms. The van der Waals surface area contributed by atoms with Gasteiger partial charge < -0.3 is 14.6 Å². The molecule has 2 N–H and O–H groups in total. The van der Waals surface area contributed by atoms with E-state index in [2.05, 4.69) is 35.5 Å². The lowest BCUT2D eigenvalue weighted by molar-refractivity contribution is 0.101. The van der Waals surface area contributed by atoms with Crippen LogP contribution in [0, 0.1) is 0 Å². The number of carbonyl (C=O) groups excluding carboxylic acids is 1. The van der Waals surface area contributed by atoms with E-state index in [1.165, 1.54) is 41.2 Å². The van der Waals surface area contributed by atoms with E-state index in [9.17, 15) is 4.79 Å². The van der Waals surface area contributed by atoms with Crippen LogP contribution < -0.4 is 10.1 Å². The average Bonchev–Trinajstić information content (AvgIpc) is 3.50. The van der Waals surface area contributed by atoms with Gasteiger partial charge in [-0.05, 0) is 44.1 Å². The molecule has 0 unspecified atom stereocenters. The summed E-state index contributed by atoms with van der Waals surface area (Å²) in [5, 5.41) is 14.0. The van der Waals surface area contributed by atoms with Crippen LogP contribution in [0.25, 0.3) is 0 Å². The molecule has 0 aliphatic heterocycles. The summed E-state index contributed by atoms with van der Waals surface area (Å²) in [6, 6.07) is 7.41. The first kappa shape index (κ1) is 23.2. The van der Waals surface area contributed by atoms with E-state index < -0.39 is 0 Å². The van der Waals surface area contributed by atoms with Gasteiger partial charge in [-0.2, -0.15) is 0 Å². The van der Waals surface area contributed by atoms with Crippen molar-refractivity contribution >= 4 is 45.9 Å². The van der Waals surface area contributed by atoms with Crippen molar-refractivity contribution in [3.05, 3.63) is 54.1 Å². The predicted octanol–water partition coefficient (Wildman–Crippen LogP) is 3.55. The Hall–Kier alpha value is -3.00. The van der Waals surface area contributed by atoms with Gasteiger partial charge in [-0.1, -0.05) is 11.8 Å². The summed E-state index contributed by atoms with van der Waals surface area (Å²) in [5.41, 5.74) is 0.283. The highest BCUT2D eigenvalue weighted by molar-refractivity contribution is 7.99. The third-order valence-electron chi connectivity index (χ3n) is 4.02. The van der Waals surface area contributed by atoms with Gasteiger partial charge in [0.05, 0.1) is 0 Å². The van der Waals surface area contributed by atoms with Gasteiger partial charge in [0.1, 0.15) is 23.7 Å². The van der Waals surface area contributed by atoms with Crippen molar-refractivity contribution in [3.63, 3.8) is 0 Å². The van der Waals surface area contributed by atoms with Crippen molar-refractivity contribution in [1.29, 1.82) is 0 Å². The van der Waals surface area contributed by atoms with Gasteiger partial charge >= 0.3 is 0 Å². The number of H-pyrrole nitrogens is 1. The summed E-state index contributed by atoms with van der Waals surface area (Å²) >= 11 is 4.02. The fraction of sp³-hybridized carbons (Fsp3) is 0.200. The number of hydrogen-bond donors (Lipinski definition) is 2. The Morgan fingerprint density at radius 2 is 2.12 bits per heavy atom. The molecule has 0 radical (unpaired) electrons. The lowest BCUT2D eigenvalue weighted by atomic mass is 10.3. The van der Waals surface area contributed by atoms with Crippen molar-refractivity contribution < 1.29 is 9.53 Å². The molecule has 0 spiro atoms. The zero-order valence-corrected chi connectivity index (χ0v) is 20.2. The molecular formula is C20H20N8O2S3. The zero-order valence-electron chi connectivity index (χ0n) is 17.8. The fourth-order valence-electron chi connectivity index (χ4n) is 2.49. The first-order chi connectivity index (χ1) is 16.1. The molecule has 0 fully saturated rings. The van der Waals surface area contributed by atoms with Gasteiger partial charge in [-0.3, -0.25) is 10.1 Å². The number of aromatic nitrogens is 6. The van der Waals surface area contributed by atoms with E-state index in [0.29, 0.717) is 32.7 Å². The third kappa shape index (κ3) is 6.74. The van der Waals surface area contributed by atoms with Crippen molar-refractivity contribution in [2.75, 3.05) is 32.6 Å². The maximum absolute atomic E-state index is 13.0. The van der Waals surface area contributed by atoms with Gasteiger partial charge in [0.2, 0.25) is 5.88 Å². The van der Waals surface area contributed by atoms with E-state index >= 15 is 0 Å².